The minimum absolute atomic E-state index is 0.200. The average molecular weight is 565 g/mol. The molecule has 1 N–H and O–H groups in total. The van der Waals surface area contributed by atoms with E-state index < -0.39 is 17.1 Å². The van der Waals surface area contributed by atoms with E-state index in [1.54, 1.807) is 24.3 Å². The maximum absolute atomic E-state index is 13.8. The third kappa shape index (κ3) is 3.93. The molecule has 3 aromatic carbocycles. The Morgan fingerprint density at radius 3 is 2.37 bits per heavy atom. The molecule has 0 spiro atoms. The summed E-state index contributed by atoms with van der Waals surface area (Å²) in [5.74, 6) is -0.303. The molecule has 6 rings (SSSR count). The molecule has 0 saturated carbocycles. The van der Waals surface area contributed by atoms with E-state index in [-0.39, 0.29) is 16.7 Å². The molecule has 0 aliphatic carbocycles. The van der Waals surface area contributed by atoms with Crippen LogP contribution in [0.25, 0.3) is 0 Å². The van der Waals surface area contributed by atoms with Gasteiger partial charge in [-0.15, -0.1) is 0 Å². The number of aromatic amines is 1. The first-order valence-electron chi connectivity index (χ1n) is 10.9. The summed E-state index contributed by atoms with van der Waals surface area (Å²) in [5, 5.41) is 0.0204. The lowest BCUT2D eigenvalue weighted by Crippen LogP contribution is -2.32. The molecule has 0 radical (unpaired) electrons. The highest BCUT2D eigenvalue weighted by atomic mass is 79.9. The van der Waals surface area contributed by atoms with Gasteiger partial charge in [0.05, 0.1) is 16.6 Å². The summed E-state index contributed by atoms with van der Waals surface area (Å²) in [6, 6.07) is 24.1. The van der Waals surface area contributed by atoms with Crippen molar-refractivity contribution in [3.63, 3.8) is 0 Å². The fraction of sp³-hybridized carbons (Fsp3) is 0.115. The number of ether oxygens (including phenoxy) is 1. The van der Waals surface area contributed by atoms with Gasteiger partial charge in [-0.25, -0.2) is 4.90 Å². The Balaban J connectivity index is 1.43. The number of hydrogen-bond donors (Lipinski definition) is 1. The normalized spacial score (nSPS) is 21.1. The summed E-state index contributed by atoms with van der Waals surface area (Å²) in [4.78, 5) is 44.3. The minimum Gasteiger partial charge on any atom is -0.457 e. The van der Waals surface area contributed by atoms with E-state index in [0.29, 0.717) is 22.2 Å². The molecule has 6 nitrogen and oxygen atoms in total. The van der Waals surface area contributed by atoms with Crippen LogP contribution in [0.2, 0.25) is 0 Å². The number of amides is 2. The number of hydrogen-bond acceptors (Lipinski definition) is 6. The maximum atomic E-state index is 13.8. The Morgan fingerprint density at radius 2 is 1.60 bits per heavy atom. The molecule has 3 atom stereocenters. The molecule has 2 unspecified atom stereocenters. The molecular formula is C26H17BrN2O4S2. The van der Waals surface area contributed by atoms with Gasteiger partial charge in [-0.05, 0) is 54.1 Å². The smallest absolute Gasteiger partial charge is 0.305 e. The highest BCUT2D eigenvalue weighted by molar-refractivity contribution is 9.10. The number of carbonyl (C=O) groups is 2. The van der Waals surface area contributed by atoms with Crippen molar-refractivity contribution in [2.75, 3.05) is 4.90 Å². The summed E-state index contributed by atoms with van der Waals surface area (Å²) in [6.07, 6.45) is 0. The zero-order valence-electron chi connectivity index (χ0n) is 18.0. The number of anilines is 1. The molecule has 35 heavy (non-hydrogen) atoms. The number of H-pyrrole nitrogens is 1. The molecule has 1 fully saturated rings. The van der Waals surface area contributed by atoms with Crippen LogP contribution in [-0.4, -0.2) is 22.0 Å². The van der Waals surface area contributed by atoms with Gasteiger partial charge in [-0.1, -0.05) is 69.4 Å². The largest absolute Gasteiger partial charge is 0.457 e. The summed E-state index contributed by atoms with van der Waals surface area (Å²) in [5.41, 5.74) is 1.36. The number of para-hydroxylation sites is 1. The lowest BCUT2D eigenvalue weighted by atomic mass is 9.83. The Kier molecular flexibility index (Phi) is 5.63. The number of imide groups is 1. The lowest BCUT2D eigenvalue weighted by molar-refractivity contribution is -0.122. The zero-order valence-corrected chi connectivity index (χ0v) is 21.2. The number of nitrogens with zero attached hydrogens (tertiary/aromatic N) is 1. The van der Waals surface area contributed by atoms with Crippen LogP contribution in [0.5, 0.6) is 11.5 Å². The highest BCUT2D eigenvalue weighted by Crippen LogP contribution is 2.53. The fourth-order valence-corrected chi connectivity index (χ4v) is 7.40. The van der Waals surface area contributed by atoms with Gasteiger partial charge >= 0.3 is 4.87 Å². The van der Waals surface area contributed by atoms with Crippen LogP contribution in [0.15, 0.2) is 93.2 Å². The van der Waals surface area contributed by atoms with Gasteiger partial charge < -0.3 is 9.72 Å². The van der Waals surface area contributed by atoms with Crippen molar-refractivity contribution in [3.05, 3.63) is 103 Å². The molecule has 9 heteroatoms. The van der Waals surface area contributed by atoms with Gasteiger partial charge in [0.15, 0.2) is 0 Å². The van der Waals surface area contributed by atoms with E-state index in [0.717, 1.165) is 26.3 Å². The predicted octanol–water partition coefficient (Wildman–Crippen LogP) is 5.79. The van der Waals surface area contributed by atoms with Gasteiger partial charge in [0.2, 0.25) is 11.8 Å². The van der Waals surface area contributed by atoms with Crippen molar-refractivity contribution in [3.8, 4) is 11.5 Å². The first kappa shape index (κ1) is 22.3. The van der Waals surface area contributed by atoms with Crippen molar-refractivity contribution in [2.45, 2.75) is 16.2 Å². The Bertz CT molecular complexity index is 1500. The molecule has 2 aliphatic rings. The van der Waals surface area contributed by atoms with Crippen LogP contribution < -0.4 is 14.5 Å². The Morgan fingerprint density at radius 1 is 0.857 bits per heavy atom. The second-order valence-electron chi connectivity index (χ2n) is 8.23. The zero-order chi connectivity index (χ0) is 24.1. The van der Waals surface area contributed by atoms with Crippen LogP contribution >= 0.6 is 39.0 Å². The van der Waals surface area contributed by atoms with Crippen LogP contribution in [0.1, 0.15) is 16.4 Å². The fourth-order valence-electron chi connectivity index (χ4n) is 4.62. The number of halogens is 1. The number of nitrogens with one attached hydrogen (secondary N) is 1. The van der Waals surface area contributed by atoms with E-state index in [1.807, 2.05) is 54.6 Å². The number of fused-ring (bicyclic) bond motifs is 2. The molecular weight excluding hydrogens is 548 g/mol. The van der Waals surface area contributed by atoms with Crippen molar-refractivity contribution in [1.29, 1.82) is 0 Å². The second kappa shape index (κ2) is 8.82. The van der Waals surface area contributed by atoms with Gasteiger partial charge in [0, 0.05) is 15.3 Å². The average Bonchev–Trinajstić information content (AvgIpc) is 3.35. The summed E-state index contributed by atoms with van der Waals surface area (Å²) >= 11 is 5.76. The summed E-state index contributed by atoms with van der Waals surface area (Å²) in [6.45, 7) is 0. The lowest BCUT2D eigenvalue weighted by Gasteiger charge is -2.30. The first-order chi connectivity index (χ1) is 17.0. The molecule has 174 valence electrons. The van der Waals surface area contributed by atoms with E-state index in [9.17, 15) is 14.4 Å². The van der Waals surface area contributed by atoms with E-state index in [1.165, 1.54) is 16.7 Å². The van der Waals surface area contributed by atoms with Crippen molar-refractivity contribution in [2.24, 2.45) is 5.92 Å². The maximum Gasteiger partial charge on any atom is 0.305 e. The second-order valence-corrected chi connectivity index (χ2v) is 11.3. The van der Waals surface area contributed by atoms with Gasteiger partial charge in [-0.3, -0.25) is 14.4 Å². The monoisotopic (exact) mass is 564 g/mol. The third-order valence-electron chi connectivity index (χ3n) is 6.10. The van der Waals surface area contributed by atoms with Gasteiger partial charge in [0.25, 0.3) is 0 Å². The van der Waals surface area contributed by atoms with Crippen LogP contribution in [0.3, 0.4) is 0 Å². The molecule has 2 aliphatic heterocycles. The molecule has 3 heterocycles. The Hall–Kier alpha value is -3.14. The quantitative estimate of drug-likeness (QED) is 0.317. The molecule has 1 aromatic heterocycles. The first-order valence-corrected chi connectivity index (χ1v) is 13.3. The number of thioether (sulfide) groups is 1. The minimum atomic E-state index is -0.637. The van der Waals surface area contributed by atoms with E-state index >= 15 is 0 Å². The standard InChI is InChI=1S/C26H17BrN2O4S2/c27-15-9-11-16(12-10-15)29-24(30)20-19(21-23(28-26(32)35-21)34-22(20)25(29)31)14-5-4-8-18(13-14)33-17-6-2-1-3-7-17/h1-13,19-20,22H,(H,28,32)/t19-,20?,22?/m1/s1. The van der Waals surface area contributed by atoms with Crippen molar-refractivity contribution in [1.82, 2.24) is 4.98 Å². The van der Waals surface area contributed by atoms with Gasteiger partial charge in [-0.2, -0.15) is 0 Å². The third-order valence-corrected chi connectivity index (χ3v) is 9.03. The number of aromatic nitrogens is 1. The molecule has 4 aromatic rings. The van der Waals surface area contributed by atoms with Crippen LogP contribution in [-0.2, 0) is 9.59 Å². The molecule has 0 bridgehead atoms. The van der Waals surface area contributed by atoms with Crippen molar-refractivity contribution >= 4 is 56.5 Å². The van der Waals surface area contributed by atoms with Crippen molar-refractivity contribution < 1.29 is 14.3 Å². The van der Waals surface area contributed by atoms with Crippen LogP contribution in [0, 0.1) is 5.92 Å². The predicted molar refractivity (Wildman–Crippen MR) is 140 cm³/mol. The molecule has 2 amide bonds. The van der Waals surface area contributed by atoms with Crippen LogP contribution in [0.4, 0.5) is 5.69 Å². The van der Waals surface area contributed by atoms with E-state index in [4.69, 9.17) is 4.74 Å². The summed E-state index contributed by atoms with van der Waals surface area (Å²) in [7, 11) is 0. The molecule has 1 saturated heterocycles. The Labute approximate surface area is 217 Å². The number of benzene rings is 3. The van der Waals surface area contributed by atoms with Gasteiger partial charge in [0.1, 0.15) is 16.7 Å². The summed E-state index contributed by atoms with van der Waals surface area (Å²) < 4.78 is 6.89. The topological polar surface area (TPSA) is 79.5 Å². The SMILES string of the molecule is O=C1C2Sc3[nH]c(=O)sc3[C@H](c3cccc(Oc4ccccc4)c3)C2C(=O)N1c1ccc(Br)cc1. The van der Waals surface area contributed by atoms with E-state index in [2.05, 4.69) is 20.9 Å². The number of carbonyl (C=O) groups excluding carboxylic acids is 2. The number of rotatable bonds is 4. The number of thiazole rings is 1. The highest BCUT2D eigenvalue weighted by Gasteiger charge is 2.56.